The summed E-state index contributed by atoms with van der Waals surface area (Å²) >= 11 is 0. The van der Waals surface area contributed by atoms with E-state index in [-0.39, 0.29) is 0 Å². The van der Waals surface area contributed by atoms with E-state index in [0.29, 0.717) is 0 Å². The molecule has 0 aliphatic carbocycles. The van der Waals surface area contributed by atoms with Crippen LogP contribution in [0.5, 0.6) is 0 Å². The van der Waals surface area contributed by atoms with E-state index >= 15 is 0 Å². The van der Waals surface area contributed by atoms with Gasteiger partial charge in [-0.3, -0.25) is 0 Å². The standard InChI is InChI=1S/C48H31N3/c1-3-15-33(16-4-1)49-45-25-13-9-21-38(45)41-29-32(27-28-47(41)49)40-30-35(50-43-23-11-7-19-36(43)37-20-8-12-24-44(37)50)31-42-39-22-10-14-26-46(39)51(48(40)42)34-17-5-2-6-18-34/h1-31H. The molecule has 0 atom stereocenters. The molecule has 11 aromatic rings. The van der Waals surface area contributed by atoms with Crippen LogP contribution in [0.15, 0.2) is 188 Å². The third kappa shape index (κ3) is 4.06. The summed E-state index contributed by atoms with van der Waals surface area (Å²) in [6.45, 7) is 0. The summed E-state index contributed by atoms with van der Waals surface area (Å²) < 4.78 is 7.29. The van der Waals surface area contributed by atoms with Crippen LogP contribution in [0, 0.1) is 0 Å². The minimum absolute atomic E-state index is 1.15. The quantitative estimate of drug-likeness (QED) is 0.180. The van der Waals surface area contributed by atoms with Gasteiger partial charge in [-0.25, -0.2) is 0 Å². The third-order valence-corrected chi connectivity index (χ3v) is 10.6. The molecule has 8 aromatic carbocycles. The summed E-state index contributed by atoms with van der Waals surface area (Å²) in [5, 5.41) is 7.48. The summed E-state index contributed by atoms with van der Waals surface area (Å²) in [5.41, 5.74) is 13.1. The molecule has 0 fully saturated rings. The van der Waals surface area contributed by atoms with Gasteiger partial charge in [-0.05, 0) is 78.4 Å². The normalized spacial score (nSPS) is 11.9. The Morgan fingerprint density at radius 2 is 0.667 bits per heavy atom. The third-order valence-electron chi connectivity index (χ3n) is 10.6. The van der Waals surface area contributed by atoms with E-state index in [9.17, 15) is 0 Å². The number of hydrogen-bond donors (Lipinski definition) is 0. The maximum Gasteiger partial charge on any atom is 0.0621 e. The Kier molecular flexibility index (Phi) is 5.96. The van der Waals surface area contributed by atoms with Crippen LogP contribution in [-0.2, 0) is 0 Å². The predicted molar refractivity (Wildman–Crippen MR) is 215 cm³/mol. The first-order valence-corrected chi connectivity index (χ1v) is 17.5. The Balaban J connectivity index is 1.29. The van der Waals surface area contributed by atoms with Gasteiger partial charge < -0.3 is 13.7 Å². The second kappa shape index (κ2) is 10.8. The summed E-state index contributed by atoms with van der Waals surface area (Å²) in [4.78, 5) is 0. The average Bonchev–Trinajstić information content (AvgIpc) is 3.84. The molecule has 0 unspecified atom stereocenters. The number of benzene rings is 8. The van der Waals surface area contributed by atoms with Crippen molar-refractivity contribution in [1.29, 1.82) is 0 Å². The van der Waals surface area contributed by atoms with Gasteiger partial charge in [-0.15, -0.1) is 0 Å². The zero-order valence-electron chi connectivity index (χ0n) is 27.7. The topological polar surface area (TPSA) is 14.8 Å². The molecule has 51 heavy (non-hydrogen) atoms. The first-order chi connectivity index (χ1) is 25.3. The van der Waals surface area contributed by atoms with Crippen molar-refractivity contribution in [2.75, 3.05) is 0 Å². The number of rotatable bonds is 4. The maximum atomic E-state index is 2.45. The highest BCUT2D eigenvalue weighted by Crippen LogP contribution is 2.43. The SMILES string of the molecule is c1ccc(-n2c3ccccc3c3cc(-c4cc(-n5c6ccccc6c6ccccc65)cc5c6ccccc6n(-c6ccccc6)c45)ccc32)cc1. The molecule has 0 amide bonds. The van der Waals surface area contributed by atoms with Crippen molar-refractivity contribution in [2.45, 2.75) is 0 Å². The van der Waals surface area contributed by atoms with Gasteiger partial charge in [0.15, 0.2) is 0 Å². The molecule has 11 rings (SSSR count). The number of hydrogen-bond acceptors (Lipinski definition) is 0. The first-order valence-electron chi connectivity index (χ1n) is 17.5. The summed E-state index contributed by atoms with van der Waals surface area (Å²) in [7, 11) is 0. The van der Waals surface area contributed by atoms with Crippen molar-refractivity contribution in [3.63, 3.8) is 0 Å². The van der Waals surface area contributed by atoms with Crippen LogP contribution in [0.3, 0.4) is 0 Å². The Labute approximate surface area is 294 Å². The van der Waals surface area contributed by atoms with E-state index in [4.69, 9.17) is 0 Å². The zero-order chi connectivity index (χ0) is 33.5. The second-order valence-corrected chi connectivity index (χ2v) is 13.4. The monoisotopic (exact) mass is 649 g/mol. The zero-order valence-corrected chi connectivity index (χ0v) is 27.7. The Hall–Kier alpha value is -6.84. The fourth-order valence-electron chi connectivity index (χ4n) is 8.47. The number of aromatic nitrogens is 3. The summed E-state index contributed by atoms with van der Waals surface area (Å²) in [6.07, 6.45) is 0. The highest BCUT2D eigenvalue weighted by atomic mass is 15.0. The highest BCUT2D eigenvalue weighted by Gasteiger charge is 2.21. The van der Waals surface area contributed by atoms with E-state index in [1.54, 1.807) is 0 Å². The lowest BCUT2D eigenvalue weighted by Gasteiger charge is -2.15. The van der Waals surface area contributed by atoms with Crippen LogP contribution >= 0.6 is 0 Å². The molecular formula is C48H31N3. The van der Waals surface area contributed by atoms with Crippen LogP contribution in [0.2, 0.25) is 0 Å². The van der Waals surface area contributed by atoms with Crippen molar-refractivity contribution in [3.05, 3.63) is 188 Å². The van der Waals surface area contributed by atoms with Crippen LogP contribution in [0.1, 0.15) is 0 Å². The van der Waals surface area contributed by atoms with Gasteiger partial charge in [0.2, 0.25) is 0 Å². The number of para-hydroxylation sites is 6. The van der Waals surface area contributed by atoms with Gasteiger partial charge in [-0.2, -0.15) is 0 Å². The molecule has 0 aliphatic rings. The molecule has 0 radical (unpaired) electrons. The van der Waals surface area contributed by atoms with Crippen molar-refractivity contribution in [2.24, 2.45) is 0 Å². The predicted octanol–water partition coefficient (Wildman–Crippen LogP) is 12.6. The first kappa shape index (κ1) is 28.0. The van der Waals surface area contributed by atoms with Gasteiger partial charge in [0.1, 0.15) is 0 Å². The average molecular weight is 650 g/mol. The van der Waals surface area contributed by atoms with Crippen molar-refractivity contribution >= 4 is 65.4 Å². The van der Waals surface area contributed by atoms with Gasteiger partial charge in [0, 0.05) is 54.9 Å². The molecule has 0 spiro atoms. The largest absolute Gasteiger partial charge is 0.309 e. The summed E-state index contributed by atoms with van der Waals surface area (Å²) in [5.74, 6) is 0. The van der Waals surface area contributed by atoms with E-state index in [1.807, 2.05) is 0 Å². The number of fused-ring (bicyclic) bond motifs is 9. The highest BCUT2D eigenvalue weighted by molar-refractivity contribution is 6.17. The number of nitrogens with zero attached hydrogens (tertiary/aromatic N) is 3. The summed E-state index contributed by atoms with van der Waals surface area (Å²) in [6, 6.07) is 68.5. The molecular weight excluding hydrogens is 619 g/mol. The van der Waals surface area contributed by atoms with Gasteiger partial charge in [-0.1, -0.05) is 115 Å². The van der Waals surface area contributed by atoms with Crippen LogP contribution in [-0.4, -0.2) is 13.7 Å². The second-order valence-electron chi connectivity index (χ2n) is 13.4. The fourth-order valence-corrected chi connectivity index (χ4v) is 8.47. The molecule has 238 valence electrons. The van der Waals surface area contributed by atoms with Gasteiger partial charge in [0.25, 0.3) is 0 Å². The van der Waals surface area contributed by atoms with Crippen LogP contribution < -0.4 is 0 Å². The smallest absolute Gasteiger partial charge is 0.0621 e. The maximum absolute atomic E-state index is 2.45. The van der Waals surface area contributed by atoms with Crippen LogP contribution in [0.25, 0.3) is 93.6 Å². The fraction of sp³-hybridized carbons (Fsp3) is 0. The van der Waals surface area contributed by atoms with E-state index in [2.05, 4.69) is 202 Å². The molecule has 3 heterocycles. The Morgan fingerprint density at radius 3 is 1.24 bits per heavy atom. The van der Waals surface area contributed by atoms with Crippen molar-refractivity contribution in [3.8, 4) is 28.2 Å². The van der Waals surface area contributed by atoms with Gasteiger partial charge in [0.05, 0.1) is 33.1 Å². The minimum Gasteiger partial charge on any atom is -0.309 e. The molecule has 0 bridgehead atoms. The Bertz CT molecular complexity index is 3070. The molecule has 0 aliphatic heterocycles. The van der Waals surface area contributed by atoms with Crippen LogP contribution in [0.4, 0.5) is 0 Å². The molecule has 0 saturated heterocycles. The van der Waals surface area contributed by atoms with E-state index in [0.717, 1.165) is 17.1 Å². The van der Waals surface area contributed by atoms with E-state index in [1.165, 1.54) is 76.5 Å². The lowest BCUT2D eigenvalue weighted by molar-refractivity contribution is 1.17. The molecule has 3 heteroatoms. The molecule has 0 N–H and O–H groups in total. The van der Waals surface area contributed by atoms with Crippen molar-refractivity contribution < 1.29 is 0 Å². The lowest BCUT2D eigenvalue weighted by Crippen LogP contribution is -1.98. The van der Waals surface area contributed by atoms with Gasteiger partial charge >= 0.3 is 0 Å². The van der Waals surface area contributed by atoms with Crippen molar-refractivity contribution in [1.82, 2.24) is 13.7 Å². The van der Waals surface area contributed by atoms with E-state index < -0.39 is 0 Å². The Morgan fingerprint density at radius 1 is 0.255 bits per heavy atom. The lowest BCUT2D eigenvalue weighted by atomic mass is 9.98. The molecule has 3 aromatic heterocycles. The minimum atomic E-state index is 1.15. The molecule has 0 saturated carbocycles. The molecule has 3 nitrogen and oxygen atoms in total.